The predicted molar refractivity (Wildman–Crippen MR) is 61.2 cm³/mol. The molecule has 0 bridgehead atoms. The van der Waals surface area contributed by atoms with E-state index >= 15 is 0 Å². The van der Waals surface area contributed by atoms with Crippen molar-refractivity contribution in [1.29, 1.82) is 0 Å². The van der Waals surface area contributed by atoms with Gasteiger partial charge in [-0.3, -0.25) is 4.79 Å². The summed E-state index contributed by atoms with van der Waals surface area (Å²) in [7, 11) is 0. The van der Waals surface area contributed by atoms with Gasteiger partial charge in [-0.25, -0.2) is 0 Å². The Morgan fingerprint density at radius 3 is 2.60 bits per heavy atom. The highest BCUT2D eigenvalue weighted by Gasteiger charge is 2.08. The first-order valence-electron chi connectivity index (χ1n) is 5.28. The lowest BCUT2D eigenvalue weighted by Gasteiger charge is -2.07. The number of carbonyl (C=O) groups is 1. The molecule has 2 heteroatoms. The van der Waals surface area contributed by atoms with Gasteiger partial charge in [0.25, 0.3) is 0 Å². The first-order chi connectivity index (χ1) is 7.11. The Kier molecular flexibility index (Phi) is 4.50. The zero-order chi connectivity index (χ0) is 11.3. The van der Waals surface area contributed by atoms with Gasteiger partial charge in [0.1, 0.15) is 6.61 Å². The molecule has 0 fully saturated rings. The Labute approximate surface area is 91.3 Å². The van der Waals surface area contributed by atoms with Crippen LogP contribution in [0.4, 0.5) is 0 Å². The van der Waals surface area contributed by atoms with Crippen LogP contribution < -0.4 is 0 Å². The van der Waals surface area contributed by atoms with Gasteiger partial charge in [0.05, 0.1) is 0 Å². The van der Waals surface area contributed by atoms with Crippen LogP contribution in [0.2, 0.25) is 0 Å². The number of rotatable bonds is 5. The van der Waals surface area contributed by atoms with Crippen molar-refractivity contribution in [2.24, 2.45) is 5.92 Å². The molecule has 0 heterocycles. The second-order valence-corrected chi connectivity index (χ2v) is 4.15. The highest BCUT2D eigenvalue weighted by molar-refractivity contribution is 5.98. The number of ketones is 1. The Hall–Kier alpha value is -1.15. The van der Waals surface area contributed by atoms with Crippen molar-refractivity contribution in [2.75, 3.05) is 13.2 Å². The van der Waals surface area contributed by atoms with Crippen LogP contribution in [0.5, 0.6) is 0 Å². The number of hydrogen-bond acceptors (Lipinski definition) is 2. The second-order valence-electron chi connectivity index (χ2n) is 4.15. The third-order valence-electron chi connectivity index (χ3n) is 2.13. The highest BCUT2D eigenvalue weighted by Crippen LogP contribution is 2.08. The van der Waals surface area contributed by atoms with Crippen LogP contribution in [0, 0.1) is 12.8 Å². The fourth-order valence-corrected chi connectivity index (χ4v) is 1.35. The zero-order valence-electron chi connectivity index (χ0n) is 9.62. The number of hydrogen-bond donors (Lipinski definition) is 0. The van der Waals surface area contributed by atoms with Crippen LogP contribution >= 0.6 is 0 Å². The molecular formula is C13H18O2. The van der Waals surface area contributed by atoms with Crippen LogP contribution in [0.15, 0.2) is 24.3 Å². The van der Waals surface area contributed by atoms with Crippen molar-refractivity contribution in [2.45, 2.75) is 20.8 Å². The van der Waals surface area contributed by atoms with Crippen LogP contribution in [0.25, 0.3) is 0 Å². The van der Waals surface area contributed by atoms with E-state index in [1.54, 1.807) is 0 Å². The lowest BCUT2D eigenvalue weighted by Crippen LogP contribution is -2.13. The zero-order valence-corrected chi connectivity index (χ0v) is 9.62. The van der Waals surface area contributed by atoms with E-state index in [1.807, 2.05) is 31.2 Å². The molecule has 1 aromatic carbocycles. The molecule has 0 unspecified atom stereocenters. The molecule has 0 aliphatic carbocycles. The van der Waals surface area contributed by atoms with Gasteiger partial charge in [-0.15, -0.1) is 0 Å². The molecular weight excluding hydrogens is 188 g/mol. The van der Waals surface area contributed by atoms with Crippen molar-refractivity contribution >= 4 is 5.78 Å². The van der Waals surface area contributed by atoms with Crippen molar-refractivity contribution in [3.63, 3.8) is 0 Å². The summed E-state index contributed by atoms with van der Waals surface area (Å²) in [6.45, 7) is 6.90. The number of benzene rings is 1. The maximum absolute atomic E-state index is 11.7. The third-order valence-corrected chi connectivity index (χ3v) is 2.13. The fourth-order valence-electron chi connectivity index (χ4n) is 1.35. The minimum atomic E-state index is 0.0637. The van der Waals surface area contributed by atoms with E-state index in [-0.39, 0.29) is 12.4 Å². The molecule has 0 saturated carbocycles. The summed E-state index contributed by atoms with van der Waals surface area (Å²) in [6, 6.07) is 7.59. The minimum absolute atomic E-state index is 0.0637. The van der Waals surface area contributed by atoms with Gasteiger partial charge in [-0.1, -0.05) is 38.1 Å². The van der Waals surface area contributed by atoms with Crippen LogP contribution in [-0.4, -0.2) is 19.0 Å². The number of carbonyl (C=O) groups excluding carboxylic acids is 1. The molecule has 0 atom stereocenters. The quantitative estimate of drug-likeness (QED) is 0.692. The van der Waals surface area contributed by atoms with E-state index in [4.69, 9.17) is 4.74 Å². The molecule has 0 aliphatic rings. The standard InChI is InChI=1S/C13H18O2/c1-10(2)8-15-9-13(14)12-7-5-4-6-11(12)3/h4-7,10H,8-9H2,1-3H3. The van der Waals surface area contributed by atoms with Crippen molar-refractivity contribution in [3.05, 3.63) is 35.4 Å². The van der Waals surface area contributed by atoms with E-state index < -0.39 is 0 Å². The van der Waals surface area contributed by atoms with Crippen LogP contribution in [0.3, 0.4) is 0 Å². The van der Waals surface area contributed by atoms with Gasteiger partial charge in [-0.2, -0.15) is 0 Å². The van der Waals surface area contributed by atoms with Gasteiger partial charge >= 0.3 is 0 Å². The summed E-state index contributed by atoms with van der Waals surface area (Å²) in [4.78, 5) is 11.7. The molecule has 1 aromatic rings. The molecule has 82 valence electrons. The van der Waals surface area contributed by atoms with E-state index in [1.165, 1.54) is 0 Å². The average molecular weight is 206 g/mol. The topological polar surface area (TPSA) is 26.3 Å². The summed E-state index contributed by atoms with van der Waals surface area (Å²) in [5.41, 5.74) is 1.77. The molecule has 0 N–H and O–H groups in total. The SMILES string of the molecule is Cc1ccccc1C(=O)COCC(C)C. The molecule has 0 radical (unpaired) electrons. The smallest absolute Gasteiger partial charge is 0.188 e. The lowest BCUT2D eigenvalue weighted by molar-refractivity contribution is 0.0705. The monoisotopic (exact) mass is 206 g/mol. The predicted octanol–water partition coefficient (Wildman–Crippen LogP) is 2.85. The molecule has 0 saturated heterocycles. The Morgan fingerprint density at radius 1 is 1.33 bits per heavy atom. The maximum Gasteiger partial charge on any atom is 0.188 e. The number of aryl methyl sites for hydroxylation is 1. The third kappa shape index (κ3) is 3.84. The Bertz CT molecular complexity index is 329. The first kappa shape index (κ1) is 11.9. The normalized spacial score (nSPS) is 10.7. The summed E-state index contributed by atoms with van der Waals surface area (Å²) in [5.74, 6) is 0.531. The van der Waals surface area contributed by atoms with Crippen LogP contribution in [0.1, 0.15) is 29.8 Å². The van der Waals surface area contributed by atoms with Crippen LogP contribution in [-0.2, 0) is 4.74 Å². The summed E-state index contributed by atoms with van der Waals surface area (Å²) in [6.07, 6.45) is 0. The van der Waals surface area contributed by atoms with Gasteiger partial charge < -0.3 is 4.74 Å². The molecule has 0 aliphatic heterocycles. The minimum Gasteiger partial charge on any atom is -0.373 e. The number of Topliss-reactive ketones (excluding diaryl/α,β-unsaturated/α-hetero) is 1. The first-order valence-corrected chi connectivity index (χ1v) is 5.28. The molecule has 0 aromatic heterocycles. The molecule has 15 heavy (non-hydrogen) atoms. The highest BCUT2D eigenvalue weighted by atomic mass is 16.5. The van der Waals surface area contributed by atoms with E-state index in [0.717, 1.165) is 11.1 Å². The molecule has 1 rings (SSSR count). The second kappa shape index (κ2) is 5.66. The maximum atomic E-state index is 11.7. The van der Waals surface area contributed by atoms with Gasteiger partial charge in [0.2, 0.25) is 0 Å². The van der Waals surface area contributed by atoms with E-state index in [9.17, 15) is 4.79 Å². The summed E-state index contributed by atoms with van der Waals surface area (Å²) >= 11 is 0. The van der Waals surface area contributed by atoms with E-state index in [2.05, 4.69) is 13.8 Å². The van der Waals surface area contributed by atoms with Crippen molar-refractivity contribution in [1.82, 2.24) is 0 Å². The Morgan fingerprint density at radius 2 is 2.00 bits per heavy atom. The van der Waals surface area contributed by atoms with Gasteiger partial charge in [0, 0.05) is 12.2 Å². The van der Waals surface area contributed by atoms with E-state index in [0.29, 0.717) is 12.5 Å². The lowest BCUT2D eigenvalue weighted by atomic mass is 10.1. The molecule has 0 spiro atoms. The fraction of sp³-hybridized carbons (Fsp3) is 0.462. The summed E-state index contributed by atoms with van der Waals surface area (Å²) < 4.78 is 5.32. The van der Waals surface area contributed by atoms with Gasteiger partial charge in [-0.05, 0) is 18.4 Å². The molecule has 0 amide bonds. The summed E-state index contributed by atoms with van der Waals surface area (Å²) in [5, 5.41) is 0. The average Bonchev–Trinajstić information content (AvgIpc) is 2.17. The van der Waals surface area contributed by atoms with Gasteiger partial charge in [0.15, 0.2) is 5.78 Å². The van der Waals surface area contributed by atoms with Crippen molar-refractivity contribution in [3.8, 4) is 0 Å². The van der Waals surface area contributed by atoms with Crippen molar-refractivity contribution < 1.29 is 9.53 Å². The largest absolute Gasteiger partial charge is 0.373 e. The number of ether oxygens (including phenoxy) is 1. The Balaban J connectivity index is 2.51. The molecule has 2 nitrogen and oxygen atoms in total.